The smallest absolute Gasteiger partial charge is 0.284 e. The van der Waals surface area contributed by atoms with Gasteiger partial charge in [-0.15, -0.1) is 10.2 Å². The van der Waals surface area contributed by atoms with Crippen molar-refractivity contribution in [1.29, 1.82) is 0 Å². The molecule has 0 aliphatic carbocycles. The van der Waals surface area contributed by atoms with E-state index in [4.69, 9.17) is 0 Å². The molecule has 0 bridgehead atoms. The van der Waals surface area contributed by atoms with Crippen LogP contribution in [0.15, 0.2) is 58.8 Å². The second-order valence-corrected chi connectivity index (χ2v) is 8.56. The largest absolute Gasteiger partial charge is 0.322 e. The number of hydrogen-bond donors (Lipinski definition) is 1. The molecular weight excluding hydrogens is 390 g/mol. The van der Waals surface area contributed by atoms with Gasteiger partial charge >= 0.3 is 0 Å². The van der Waals surface area contributed by atoms with Crippen LogP contribution in [0.4, 0.5) is 11.4 Å². The van der Waals surface area contributed by atoms with Gasteiger partial charge in [0.05, 0.1) is 9.82 Å². The van der Waals surface area contributed by atoms with Crippen molar-refractivity contribution < 1.29 is 9.72 Å². The van der Waals surface area contributed by atoms with Gasteiger partial charge in [0, 0.05) is 24.4 Å². The van der Waals surface area contributed by atoms with Gasteiger partial charge in [-0.25, -0.2) is 0 Å². The molecule has 0 atom stereocenters. The minimum Gasteiger partial charge on any atom is -0.322 e. The Hall–Kier alpha value is -3.20. The van der Waals surface area contributed by atoms with Crippen LogP contribution in [0, 0.1) is 10.1 Å². The highest BCUT2D eigenvalue weighted by atomic mass is 32.2. The Balaban J connectivity index is 1.81. The van der Waals surface area contributed by atoms with E-state index in [9.17, 15) is 14.9 Å². The Morgan fingerprint density at radius 2 is 1.86 bits per heavy atom. The number of aromatic nitrogens is 3. The van der Waals surface area contributed by atoms with Gasteiger partial charge in [-0.1, -0.05) is 32.9 Å². The van der Waals surface area contributed by atoms with E-state index in [2.05, 4.69) is 36.3 Å². The summed E-state index contributed by atoms with van der Waals surface area (Å²) in [5.41, 5.74) is 1.84. The molecule has 8 nitrogen and oxygen atoms in total. The Bertz CT molecular complexity index is 1050. The van der Waals surface area contributed by atoms with Crippen molar-refractivity contribution >= 4 is 29.0 Å². The fourth-order valence-electron chi connectivity index (χ4n) is 2.61. The van der Waals surface area contributed by atoms with Gasteiger partial charge < -0.3 is 9.88 Å². The lowest BCUT2D eigenvalue weighted by Crippen LogP contribution is -2.14. The molecule has 1 amide bonds. The molecule has 0 aliphatic heterocycles. The summed E-state index contributed by atoms with van der Waals surface area (Å²) in [6.45, 7) is 6.33. The van der Waals surface area contributed by atoms with Crippen molar-refractivity contribution in [3.63, 3.8) is 0 Å². The molecule has 1 heterocycles. The topological polar surface area (TPSA) is 103 Å². The average molecular weight is 411 g/mol. The first-order chi connectivity index (χ1) is 13.6. The Morgan fingerprint density at radius 1 is 1.17 bits per heavy atom. The number of aryl methyl sites for hydroxylation is 1. The van der Waals surface area contributed by atoms with Gasteiger partial charge in [0.2, 0.25) is 0 Å². The number of amides is 1. The van der Waals surface area contributed by atoms with Gasteiger partial charge in [-0.3, -0.25) is 14.9 Å². The molecule has 29 heavy (non-hydrogen) atoms. The van der Waals surface area contributed by atoms with Crippen LogP contribution in [0.25, 0.3) is 0 Å². The first-order valence-electron chi connectivity index (χ1n) is 8.87. The number of rotatable bonds is 5. The van der Waals surface area contributed by atoms with E-state index in [0.717, 1.165) is 17.3 Å². The lowest BCUT2D eigenvalue weighted by atomic mass is 9.87. The molecule has 2 aromatic carbocycles. The molecule has 150 valence electrons. The van der Waals surface area contributed by atoms with E-state index in [-0.39, 0.29) is 16.7 Å². The highest BCUT2D eigenvalue weighted by molar-refractivity contribution is 7.99. The molecule has 3 aromatic rings. The number of benzene rings is 2. The van der Waals surface area contributed by atoms with Crippen molar-refractivity contribution in [2.45, 2.75) is 36.2 Å². The number of nitrogens with zero attached hydrogens (tertiary/aromatic N) is 4. The predicted molar refractivity (Wildman–Crippen MR) is 111 cm³/mol. The maximum absolute atomic E-state index is 12.6. The summed E-state index contributed by atoms with van der Waals surface area (Å²) in [7, 11) is 1.75. The molecule has 0 saturated carbocycles. The summed E-state index contributed by atoms with van der Waals surface area (Å²) in [5, 5.41) is 22.5. The van der Waals surface area contributed by atoms with Crippen molar-refractivity contribution in [3.8, 4) is 0 Å². The van der Waals surface area contributed by atoms with Crippen LogP contribution in [-0.4, -0.2) is 25.6 Å². The lowest BCUT2D eigenvalue weighted by Gasteiger charge is -2.19. The number of nitro benzene ring substituents is 1. The first kappa shape index (κ1) is 20.5. The van der Waals surface area contributed by atoms with Crippen molar-refractivity contribution in [3.05, 3.63) is 70.0 Å². The quantitative estimate of drug-likeness (QED) is 0.492. The Morgan fingerprint density at radius 3 is 2.41 bits per heavy atom. The zero-order chi connectivity index (χ0) is 21.2. The highest BCUT2D eigenvalue weighted by Gasteiger charge is 2.20. The fourth-order valence-corrected chi connectivity index (χ4v) is 3.46. The summed E-state index contributed by atoms with van der Waals surface area (Å²) in [4.78, 5) is 24.0. The van der Waals surface area contributed by atoms with Crippen LogP contribution < -0.4 is 5.32 Å². The number of carbonyl (C=O) groups is 1. The SMILES string of the molecule is Cn1cnnc1Sc1ccc(C(=O)Nc2ccc(C(C)(C)C)cc2)cc1[N+](=O)[O-]. The molecule has 1 N–H and O–H groups in total. The van der Waals surface area contributed by atoms with Crippen molar-refractivity contribution in [1.82, 2.24) is 14.8 Å². The monoisotopic (exact) mass is 411 g/mol. The molecule has 9 heteroatoms. The molecule has 0 radical (unpaired) electrons. The number of anilines is 1. The van der Waals surface area contributed by atoms with Crippen molar-refractivity contribution in [2.24, 2.45) is 7.05 Å². The predicted octanol–water partition coefficient (Wildman–Crippen LogP) is 4.42. The van der Waals surface area contributed by atoms with Crippen LogP contribution in [0.5, 0.6) is 0 Å². The van der Waals surface area contributed by atoms with E-state index in [1.54, 1.807) is 23.7 Å². The second kappa shape index (κ2) is 8.04. The summed E-state index contributed by atoms with van der Waals surface area (Å²) < 4.78 is 1.66. The summed E-state index contributed by atoms with van der Waals surface area (Å²) in [6, 6.07) is 11.9. The van der Waals surface area contributed by atoms with E-state index in [1.165, 1.54) is 12.4 Å². The number of nitro groups is 1. The van der Waals surface area contributed by atoms with Gasteiger partial charge in [-0.05, 0) is 47.0 Å². The minimum absolute atomic E-state index is 0.0133. The van der Waals surface area contributed by atoms with E-state index >= 15 is 0 Å². The Labute approximate surface area is 172 Å². The summed E-state index contributed by atoms with van der Waals surface area (Å²) in [6.07, 6.45) is 1.51. The first-order valence-corrected chi connectivity index (χ1v) is 9.69. The minimum atomic E-state index is -0.506. The highest BCUT2D eigenvalue weighted by Crippen LogP contribution is 2.34. The Kier molecular flexibility index (Phi) is 5.69. The molecule has 0 saturated heterocycles. The molecule has 1 aromatic heterocycles. The summed E-state index contributed by atoms with van der Waals surface area (Å²) in [5.74, 6) is -0.410. The summed E-state index contributed by atoms with van der Waals surface area (Å²) >= 11 is 1.12. The van der Waals surface area contributed by atoms with Crippen LogP contribution >= 0.6 is 11.8 Å². The van der Waals surface area contributed by atoms with Crippen LogP contribution in [0.1, 0.15) is 36.7 Å². The van der Waals surface area contributed by atoms with E-state index in [0.29, 0.717) is 15.7 Å². The van der Waals surface area contributed by atoms with Gasteiger partial charge in [0.1, 0.15) is 6.33 Å². The molecule has 0 fully saturated rings. The van der Waals surface area contributed by atoms with E-state index in [1.807, 2.05) is 24.3 Å². The zero-order valence-corrected chi connectivity index (χ0v) is 17.4. The number of carbonyl (C=O) groups excluding carboxylic acids is 1. The average Bonchev–Trinajstić information content (AvgIpc) is 3.06. The van der Waals surface area contributed by atoms with Gasteiger partial charge in [-0.2, -0.15) is 0 Å². The third-order valence-corrected chi connectivity index (χ3v) is 5.42. The van der Waals surface area contributed by atoms with Gasteiger partial charge in [0.15, 0.2) is 5.16 Å². The lowest BCUT2D eigenvalue weighted by molar-refractivity contribution is -0.387. The molecular formula is C20H21N5O3S. The fraction of sp³-hybridized carbons (Fsp3) is 0.250. The van der Waals surface area contributed by atoms with Crippen molar-refractivity contribution in [2.75, 3.05) is 5.32 Å². The van der Waals surface area contributed by atoms with Gasteiger partial charge in [0.25, 0.3) is 11.6 Å². The molecule has 0 spiro atoms. The third kappa shape index (κ3) is 4.80. The molecule has 3 rings (SSSR count). The number of hydrogen-bond acceptors (Lipinski definition) is 6. The van der Waals surface area contributed by atoms with Crippen LogP contribution in [0.2, 0.25) is 0 Å². The maximum Gasteiger partial charge on any atom is 0.284 e. The van der Waals surface area contributed by atoms with Crippen LogP contribution in [-0.2, 0) is 12.5 Å². The standard InChI is InChI=1S/C20H21N5O3S/c1-20(2,3)14-6-8-15(9-7-14)22-18(26)13-5-10-17(16(11-13)25(27)28)29-19-23-21-12-24(19)4/h5-12H,1-4H3,(H,22,26). The second-order valence-electron chi connectivity index (χ2n) is 7.55. The van der Waals surface area contributed by atoms with Crippen LogP contribution in [0.3, 0.4) is 0 Å². The normalized spacial score (nSPS) is 11.3. The third-order valence-electron chi connectivity index (χ3n) is 4.30. The van der Waals surface area contributed by atoms with E-state index < -0.39 is 10.8 Å². The zero-order valence-electron chi connectivity index (χ0n) is 16.5. The molecule has 0 aliphatic rings. The number of nitrogens with one attached hydrogen (secondary N) is 1. The maximum atomic E-state index is 12.6. The molecule has 0 unspecified atom stereocenters.